The standard InChI is InChI=1S/C11H21NO/c12-10(7-13)11(8-3-1-4-8)9-5-2-6-9/h8-11,13H,1-7,12H2. The minimum atomic E-state index is 0.0515. The van der Waals surface area contributed by atoms with Crippen LogP contribution in [0.5, 0.6) is 0 Å². The van der Waals surface area contributed by atoms with Gasteiger partial charge in [0.25, 0.3) is 0 Å². The van der Waals surface area contributed by atoms with Gasteiger partial charge in [0, 0.05) is 6.04 Å². The SMILES string of the molecule is NC(CO)C(C1CCC1)C1CCC1. The van der Waals surface area contributed by atoms with E-state index in [4.69, 9.17) is 10.8 Å². The lowest BCUT2D eigenvalue weighted by atomic mass is 9.62. The Kier molecular flexibility index (Phi) is 2.89. The van der Waals surface area contributed by atoms with Crippen LogP contribution in [0.2, 0.25) is 0 Å². The van der Waals surface area contributed by atoms with E-state index in [9.17, 15) is 0 Å². The fourth-order valence-corrected chi connectivity index (χ4v) is 2.86. The molecule has 13 heavy (non-hydrogen) atoms. The van der Waals surface area contributed by atoms with E-state index in [1.165, 1.54) is 38.5 Å². The second kappa shape index (κ2) is 3.97. The van der Waals surface area contributed by atoms with Crippen molar-refractivity contribution >= 4 is 0 Å². The first-order valence-corrected chi connectivity index (χ1v) is 5.69. The van der Waals surface area contributed by atoms with Gasteiger partial charge in [-0.15, -0.1) is 0 Å². The van der Waals surface area contributed by atoms with Crippen molar-refractivity contribution in [2.24, 2.45) is 23.5 Å². The van der Waals surface area contributed by atoms with Gasteiger partial charge in [-0.2, -0.15) is 0 Å². The van der Waals surface area contributed by atoms with E-state index in [1.807, 2.05) is 0 Å². The predicted octanol–water partition coefficient (Wildman–Crippen LogP) is 1.52. The van der Waals surface area contributed by atoms with Crippen LogP contribution >= 0.6 is 0 Å². The zero-order chi connectivity index (χ0) is 9.26. The van der Waals surface area contributed by atoms with Gasteiger partial charge in [0.05, 0.1) is 6.61 Å². The molecule has 2 aliphatic carbocycles. The molecule has 0 bridgehead atoms. The van der Waals surface area contributed by atoms with Gasteiger partial charge in [-0.1, -0.05) is 38.5 Å². The molecule has 76 valence electrons. The Morgan fingerprint density at radius 3 is 1.77 bits per heavy atom. The molecule has 0 aliphatic heterocycles. The van der Waals surface area contributed by atoms with Gasteiger partial charge >= 0.3 is 0 Å². The van der Waals surface area contributed by atoms with Crippen molar-refractivity contribution in [3.05, 3.63) is 0 Å². The van der Waals surface area contributed by atoms with Crippen LogP contribution in [0.15, 0.2) is 0 Å². The molecule has 2 aliphatic rings. The maximum Gasteiger partial charge on any atom is 0.0585 e. The van der Waals surface area contributed by atoms with Crippen molar-refractivity contribution in [1.29, 1.82) is 0 Å². The quantitative estimate of drug-likeness (QED) is 0.694. The fraction of sp³-hybridized carbons (Fsp3) is 1.00. The molecule has 3 N–H and O–H groups in total. The van der Waals surface area contributed by atoms with Crippen LogP contribution in [0.4, 0.5) is 0 Å². The summed E-state index contributed by atoms with van der Waals surface area (Å²) in [6, 6.07) is 0.0515. The topological polar surface area (TPSA) is 46.2 Å². The third kappa shape index (κ3) is 1.75. The average Bonchev–Trinajstić information content (AvgIpc) is 1.95. The summed E-state index contributed by atoms with van der Waals surface area (Å²) in [4.78, 5) is 0. The monoisotopic (exact) mass is 183 g/mol. The molecule has 0 amide bonds. The molecule has 2 saturated carbocycles. The van der Waals surface area contributed by atoms with Crippen molar-refractivity contribution in [2.75, 3.05) is 6.61 Å². The molecule has 0 heterocycles. The van der Waals surface area contributed by atoms with Crippen LogP contribution in [0.1, 0.15) is 38.5 Å². The van der Waals surface area contributed by atoms with Crippen LogP contribution in [-0.4, -0.2) is 17.8 Å². The van der Waals surface area contributed by atoms with Crippen molar-refractivity contribution in [1.82, 2.24) is 0 Å². The number of aliphatic hydroxyl groups excluding tert-OH is 1. The number of hydrogen-bond acceptors (Lipinski definition) is 2. The normalized spacial score (nSPS) is 27.0. The Balaban J connectivity index is 1.92. The first-order valence-electron chi connectivity index (χ1n) is 5.69. The zero-order valence-corrected chi connectivity index (χ0v) is 8.28. The van der Waals surface area contributed by atoms with E-state index >= 15 is 0 Å². The summed E-state index contributed by atoms with van der Waals surface area (Å²) >= 11 is 0. The van der Waals surface area contributed by atoms with Gasteiger partial charge in [-0.25, -0.2) is 0 Å². The predicted molar refractivity (Wildman–Crippen MR) is 53.2 cm³/mol. The molecule has 2 fully saturated rings. The first-order chi connectivity index (χ1) is 6.33. The molecule has 0 spiro atoms. The van der Waals surface area contributed by atoms with E-state index in [-0.39, 0.29) is 12.6 Å². The summed E-state index contributed by atoms with van der Waals surface area (Å²) in [6.45, 7) is 0.178. The zero-order valence-electron chi connectivity index (χ0n) is 8.28. The van der Waals surface area contributed by atoms with E-state index in [0.717, 1.165) is 11.8 Å². The Hall–Kier alpha value is -0.0800. The first kappa shape index (κ1) is 9.47. The highest BCUT2D eigenvalue weighted by Gasteiger charge is 2.38. The Bertz CT molecular complexity index is 143. The Morgan fingerprint density at radius 1 is 1.08 bits per heavy atom. The molecule has 1 unspecified atom stereocenters. The molecule has 0 aromatic rings. The molecular formula is C11H21NO. The molecular weight excluding hydrogens is 162 g/mol. The average molecular weight is 183 g/mol. The lowest BCUT2D eigenvalue weighted by molar-refractivity contribution is 0.0520. The highest BCUT2D eigenvalue weighted by atomic mass is 16.3. The maximum atomic E-state index is 9.12. The third-order valence-corrected chi connectivity index (χ3v) is 4.09. The second-order valence-electron chi connectivity index (χ2n) is 4.81. The molecule has 1 atom stereocenters. The fourth-order valence-electron chi connectivity index (χ4n) is 2.86. The summed E-state index contributed by atoms with van der Waals surface area (Å²) in [5.74, 6) is 2.31. The number of hydrogen-bond donors (Lipinski definition) is 2. The van der Waals surface area contributed by atoms with E-state index < -0.39 is 0 Å². The molecule has 2 nitrogen and oxygen atoms in total. The van der Waals surface area contributed by atoms with Crippen LogP contribution in [0.3, 0.4) is 0 Å². The largest absolute Gasteiger partial charge is 0.395 e. The lowest BCUT2D eigenvalue weighted by Gasteiger charge is -2.45. The summed E-state index contributed by atoms with van der Waals surface area (Å²) in [6.07, 6.45) is 8.19. The maximum absolute atomic E-state index is 9.12. The van der Waals surface area contributed by atoms with Crippen molar-refractivity contribution in [3.63, 3.8) is 0 Å². The Morgan fingerprint density at radius 2 is 1.54 bits per heavy atom. The molecule has 0 radical (unpaired) electrons. The van der Waals surface area contributed by atoms with Gasteiger partial charge < -0.3 is 10.8 Å². The third-order valence-electron chi connectivity index (χ3n) is 4.09. The van der Waals surface area contributed by atoms with Crippen LogP contribution in [0.25, 0.3) is 0 Å². The smallest absolute Gasteiger partial charge is 0.0585 e. The molecule has 0 aromatic carbocycles. The minimum absolute atomic E-state index is 0.0515. The highest BCUT2D eigenvalue weighted by molar-refractivity contribution is 4.91. The van der Waals surface area contributed by atoms with E-state index in [0.29, 0.717) is 5.92 Å². The van der Waals surface area contributed by atoms with E-state index in [1.54, 1.807) is 0 Å². The lowest BCUT2D eigenvalue weighted by Crippen LogP contribution is -2.46. The minimum Gasteiger partial charge on any atom is -0.395 e. The van der Waals surface area contributed by atoms with Gasteiger partial charge in [-0.05, 0) is 17.8 Å². The molecule has 2 rings (SSSR count). The van der Waals surface area contributed by atoms with Gasteiger partial charge in [-0.3, -0.25) is 0 Å². The van der Waals surface area contributed by atoms with Crippen LogP contribution in [0, 0.1) is 17.8 Å². The summed E-state index contributed by atoms with van der Waals surface area (Å²) in [5, 5.41) is 9.12. The van der Waals surface area contributed by atoms with Crippen molar-refractivity contribution < 1.29 is 5.11 Å². The second-order valence-corrected chi connectivity index (χ2v) is 4.81. The number of nitrogens with two attached hydrogens (primary N) is 1. The number of rotatable bonds is 4. The molecule has 2 heteroatoms. The van der Waals surface area contributed by atoms with Gasteiger partial charge in [0.15, 0.2) is 0 Å². The van der Waals surface area contributed by atoms with Crippen molar-refractivity contribution in [2.45, 2.75) is 44.6 Å². The van der Waals surface area contributed by atoms with Crippen molar-refractivity contribution in [3.8, 4) is 0 Å². The molecule has 0 saturated heterocycles. The Labute approximate surface area is 80.5 Å². The van der Waals surface area contributed by atoms with Crippen LogP contribution < -0.4 is 5.73 Å². The summed E-state index contributed by atoms with van der Waals surface area (Å²) in [5.41, 5.74) is 5.99. The van der Waals surface area contributed by atoms with Gasteiger partial charge in [0.1, 0.15) is 0 Å². The number of aliphatic hydroxyl groups is 1. The summed E-state index contributed by atoms with van der Waals surface area (Å²) in [7, 11) is 0. The van der Waals surface area contributed by atoms with Gasteiger partial charge in [0.2, 0.25) is 0 Å². The summed E-state index contributed by atoms with van der Waals surface area (Å²) < 4.78 is 0. The van der Waals surface area contributed by atoms with Crippen LogP contribution in [-0.2, 0) is 0 Å². The van der Waals surface area contributed by atoms with E-state index in [2.05, 4.69) is 0 Å². The molecule has 0 aromatic heterocycles. The highest BCUT2D eigenvalue weighted by Crippen LogP contribution is 2.45.